The molecule has 1 N–H and O–H groups in total. The van der Waals surface area contributed by atoms with Gasteiger partial charge in [0.25, 0.3) is 0 Å². The summed E-state index contributed by atoms with van der Waals surface area (Å²) in [5, 5.41) is 3.21. The van der Waals surface area contributed by atoms with Gasteiger partial charge in [0, 0.05) is 18.7 Å². The molecular formula is C16H15F2NO. The quantitative estimate of drug-likeness (QED) is 0.907. The Morgan fingerprint density at radius 1 is 0.950 bits per heavy atom. The molecule has 0 radical (unpaired) electrons. The minimum absolute atomic E-state index is 0.155. The highest BCUT2D eigenvalue weighted by Crippen LogP contribution is 2.30. The normalized spacial score (nSPS) is 22.7. The van der Waals surface area contributed by atoms with Crippen molar-refractivity contribution in [2.24, 2.45) is 0 Å². The second kappa shape index (κ2) is 5.69. The molecule has 1 fully saturated rings. The predicted octanol–water partition coefficient (Wildman–Crippen LogP) is 3.37. The lowest BCUT2D eigenvalue weighted by Gasteiger charge is -2.31. The molecule has 2 unspecified atom stereocenters. The summed E-state index contributed by atoms with van der Waals surface area (Å²) in [6.07, 6.45) is -0.637. The Kier molecular flexibility index (Phi) is 3.76. The van der Waals surface area contributed by atoms with Gasteiger partial charge in [-0.2, -0.15) is 0 Å². The van der Waals surface area contributed by atoms with Gasteiger partial charge in [-0.15, -0.1) is 0 Å². The topological polar surface area (TPSA) is 21.3 Å². The highest BCUT2D eigenvalue weighted by molar-refractivity contribution is 5.24. The summed E-state index contributed by atoms with van der Waals surface area (Å²) in [6, 6.07) is 13.2. The van der Waals surface area contributed by atoms with E-state index in [9.17, 15) is 8.78 Å². The molecule has 1 heterocycles. The molecule has 104 valence electrons. The van der Waals surface area contributed by atoms with E-state index in [1.165, 1.54) is 6.07 Å². The van der Waals surface area contributed by atoms with Crippen LogP contribution in [0.2, 0.25) is 0 Å². The first kappa shape index (κ1) is 13.2. The van der Waals surface area contributed by atoms with Crippen LogP contribution in [0.3, 0.4) is 0 Å². The van der Waals surface area contributed by atoms with E-state index in [-0.39, 0.29) is 11.7 Å². The largest absolute Gasteiger partial charge is 0.363 e. The summed E-state index contributed by atoms with van der Waals surface area (Å²) < 4.78 is 33.0. The molecule has 2 aromatic rings. The third-order valence-electron chi connectivity index (χ3n) is 3.46. The minimum atomic E-state index is -0.482. The van der Waals surface area contributed by atoms with Crippen molar-refractivity contribution >= 4 is 0 Å². The molecule has 2 nitrogen and oxygen atoms in total. The number of ether oxygens (including phenoxy) is 1. The lowest BCUT2D eigenvalue weighted by molar-refractivity contribution is -0.0422. The van der Waals surface area contributed by atoms with Gasteiger partial charge in [0.05, 0.1) is 12.2 Å². The van der Waals surface area contributed by atoms with Crippen LogP contribution in [-0.4, -0.2) is 13.1 Å². The van der Waals surface area contributed by atoms with Crippen LogP contribution in [0, 0.1) is 11.6 Å². The molecular weight excluding hydrogens is 260 g/mol. The second-order valence-electron chi connectivity index (χ2n) is 4.85. The van der Waals surface area contributed by atoms with E-state index in [0.717, 1.165) is 17.7 Å². The van der Waals surface area contributed by atoms with Crippen molar-refractivity contribution in [3.05, 3.63) is 71.3 Å². The SMILES string of the molecule is Fc1ccc(F)c(C2CNCC(c3ccccc3)O2)c1. The van der Waals surface area contributed by atoms with Crippen LogP contribution in [0.1, 0.15) is 23.3 Å². The summed E-state index contributed by atoms with van der Waals surface area (Å²) in [4.78, 5) is 0. The van der Waals surface area contributed by atoms with Crippen molar-refractivity contribution in [3.63, 3.8) is 0 Å². The molecule has 2 atom stereocenters. The maximum absolute atomic E-state index is 13.8. The van der Waals surface area contributed by atoms with Crippen molar-refractivity contribution in [2.75, 3.05) is 13.1 Å². The zero-order valence-electron chi connectivity index (χ0n) is 10.9. The zero-order chi connectivity index (χ0) is 13.9. The van der Waals surface area contributed by atoms with Crippen LogP contribution in [-0.2, 0) is 4.74 Å². The number of halogens is 2. The minimum Gasteiger partial charge on any atom is -0.363 e. The maximum atomic E-state index is 13.8. The van der Waals surface area contributed by atoms with Gasteiger partial charge in [0.15, 0.2) is 0 Å². The Balaban J connectivity index is 1.83. The number of morpholine rings is 1. The molecule has 0 bridgehead atoms. The Bertz CT molecular complexity index is 588. The highest BCUT2D eigenvalue weighted by Gasteiger charge is 2.26. The van der Waals surface area contributed by atoms with Gasteiger partial charge in [-0.25, -0.2) is 8.78 Å². The lowest BCUT2D eigenvalue weighted by Crippen LogP contribution is -2.36. The molecule has 3 rings (SSSR count). The number of hydrogen-bond acceptors (Lipinski definition) is 2. The molecule has 1 aliphatic rings. The number of benzene rings is 2. The van der Waals surface area contributed by atoms with Gasteiger partial charge < -0.3 is 10.1 Å². The Morgan fingerprint density at radius 2 is 1.70 bits per heavy atom. The van der Waals surface area contributed by atoms with Crippen LogP contribution in [0.5, 0.6) is 0 Å². The van der Waals surface area contributed by atoms with Crippen LogP contribution in [0.4, 0.5) is 8.78 Å². The van der Waals surface area contributed by atoms with E-state index < -0.39 is 17.7 Å². The molecule has 4 heteroatoms. The summed E-state index contributed by atoms with van der Waals surface area (Å²) in [7, 11) is 0. The van der Waals surface area contributed by atoms with Crippen molar-refractivity contribution < 1.29 is 13.5 Å². The molecule has 0 aliphatic carbocycles. The van der Waals surface area contributed by atoms with Gasteiger partial charge in [0.1, 0.15) is 11.6 Å². The molecule has 1 aliphatic heterocycles. The van der Waals surface area contributed by atoms with Crippen molar-refractivity contribution in [3.8, 4) is 0 Å². The fourth-order valence-corrected chi connectivity index (χ4v) is 2.45. The van der Waals surface area contributed by atoms with E-state index in [1.807, 2.05) is 30.3 Å². The van der Waals surface area contributed by atoms with Crippen LogP contribution in [0.25, 0.3) is 0 Å². The fraction of sp³-hybridized carbons (Fsp3) is 0.250. The molecule has 0 spiro atoms. The van der Waals surface area contributed by atoms with Gasteiger partial charge in [0.2, 0.25) is 0 Å². The first-order valence-corrected chi connectivity index (χ1v) is 6.60. The molecule has 1 saturated heterocycles. The van der Waals surface area contributed by atoms with Gasteiger partial charge in [-0.05, 0) is 23.8 Å². The van der Waals surface area contributed by atoms with Gasteiger partial charge in [-0.1, -0.05) is 30.3 Å². The average Bonchev–Trinajstić information content (AvgIpc) is 2.51. The van der Waals surface area contributed by atoms with E-state index in [0.29, 0.717) is 13.1 Å². The summed E-state index contributed by atoms with van der Waals surface area (Å²) in [5.74, 6) is -0.890. The number of nitrogens with one attached hydrogen (secondary N) is 1. The van der Waals surface area contributed by atoms with E-state index in [2.05, 4.69) is 5.32 Å². The smallest absolute Gasteiger partial charge is 0.129 e. The highest BCUT2D eigenvalue weighted by atomic mass is 19.1. The molecule has 0 amide bonds. The first-order valence-electron chi connectivity index (χ1n) is 6.60. The molecule has 0 saturated carbocycles. The molecule has 2 aromatic carbocycles. The zero-order valence-corrected chi connectivity index (χ0v) is 10.9. The van der Waals surface area contributed by atoms with Crippen LogP contribution >= 0.6 is 0 Å². The third kappa shape index (κ3) is 2.71. The van der Waals surface area contributed by atoms with Crippen molar-refractivity contribution in [1.82, 2.24) is 5.32 Å². The van der Waals surface area contributed by atoms with E-state index in [1.54, 1.807) is 0 Å². The first-order chi connectivity index (χ1) is 9.74. The van der Waals surface area contributed by atoms with Crippen LogP contribution in [0.15, 0.2) is 48.5 Å². The van der Waals surface area contributed by atoms with Crippen molar-refractivity contribution in [2.45, 2.75) is 12.2 Å². The summed E-state index contributed by atoms with van der Waals surface area (Å²) in [5.41, 5.74) is 1.29. The summed E-state index contributed by atoms with van der Waals surface area (Å²) in [6.45, 7) is 1.14. The summed E-state index contributed by atoms with van der Waals surface area (Å²) >= 11 is 0. The average molecular weight is 275 g/mol. The van der Waals surface area contributed by atoms with E-state index >= 15 is 0 Å². The standard InChI is InChI=1S/C16H15F2NO/c17-12-6-7-14(18)13(8-12)16-10-19-9-15(20-16)11-4-2-1-3-5-11/h1-8,15-16,19H,9-10H2. The Labute approximate surface area is 116 Å². The Morgan fingerprint density at radius 3 is 2.50 bits per heavy atom. The van der Waals surface area contributed by atoms with Gasteiger partial charge in [-0.3, -0.25) is 0 Å². The Hall–Kier alpha value is -1.78. The van der Waals surface area contributed by atoms with E-state index in [4.69, 9.17) is 4.74 Å². The van der Waals surface area contributed by atoms with Crippen molar-refractivity contribution in [1.29, 1.82) is 0 Å². The third-order valence-corrected chi connectivity index (χ3v) is 3.46. The monoisotopic (exact) mass is 275 g/mol. The number of rotatable bonds is 2. The maximum Gasteiger partial charge on any atom is 0.129 e. The lowest BCUT2D eigenvalue weighted by atomic mass is 10.0. The second-order valence-corrected chi connectivity index (χ2v) is 4.85. The van der Waals surface area contributed by atoms with Gasteiger partial charge >= 0.3 is 0 Å². The number of hydrogen-bond donors (Lipinski definition) is 1. The predicted molar refractivity (Wildman–Crippen MR) is 72.2 cm³/mol. The van der Waals surface area contributed by atoms with Crippen LogP contribution < -0.4 is 5.32 Å². The fourth-order valence-electron chi connectivity index (χ4n) is 2.45. The molecule has 20 heavy (non-hydrogen) atoms. The molecule has 0 aromatic heterocycles.